The van der Waals surface area contributed by atoms with Crippen molar-refractivity contribution in [1.29, 1.82) is 5.26 Å². The number of carbonyl (C=O) groups excluding carboxylic acids is 1. The lowest BCUT2D eigenvalue weighted by atomic mass is 10.1. The van der Waals surface area contributed by atoms with Crippen molar-refractivity contribution in [2.45, 2.75) is 6.18 Å². The molecule has 0 unspecified atom stereocenters. The third-order valence-corrected chi connectivity index (χ3v) is 3.61. The summed E-state index contributed by atoms with van der Waals surface area (Å²) in [5, 5.41) is 11.5. The van der Waals surface area contributed by atoms with Gasteiger partial charge in [-0.2, -0.15) is 18.4 Å². The first-order chi connectivity index (χ1) is 12.4. The van der Waals surface area contributed by atoms with E-state index in [2.05, 4.69) is 5.32 Å². The van der Waals surface area contributed by atoms with E-state index < -0.39 is 23.2 Å². The van der Waals surface area contributed by atoms with Gasteiger partial charge in [-0.25, -0.2) is 0 Å². The Morgan fingerprint density at radius 1 is 1.04 bits per heavy atom. The Bertz CT molecular complexity index is 986. The number of nitrogens with one attached hydrogen (secondary N) is 1. The summed E-state index contributed by atoms with van der Waals surface area (Å²) in [7, 11) is 0. The van der Waals surface area contributed by atoms with Gasteiger partial charge in [-0.05, 0) is 12.1 Å². The van der Waals surface area contributed by atoms with E-state index in [1.54, 1.807) is 30.3 Å². The Morgan fingerprint density at radius 2 is 1.69 bits per heavy atom. The van der Waals surface area contributed by atoms with Gasteiger partial charge in [0.2, 0.25) is 5.88 Å². The highest BCUT2D eigenvalue weighted by Gasteiger charge is 2.35. The molecule has 0 bridgehead atoms. The van der Waals surface area contributed by atoms with Gasteiger partial charge in [0.1, 0.15) is 17.4 Å². The highest BCUT2D eigenvalue weighted by atomic mass is 19.4. The van der Waals surface area contributed by atoms with Crippen molar-refractivity contribution < 1.29 is 22.4 Å². The molecule has 7 heteroatoms. The molecule has 3 rings (SSSR count). The van der Waals surface area contributed by atoms with Gasteiger partial charge in [0.15, 0.2) is 0 Å². The average Bonchev–Trinajstić information content (AvgIpc) is 3.04. The van der Waals surface area contributed by atoms with Crippen LogP contribution in [0.25, 0.3) is 11.3 Å². The number of anilines is 1. The van der Waals surface area contributed by atoms with E-state index in [4.69, 9.17) is 4.42 Å². The number of hydrogen-bond donors (Lipinski definition) is 1. The van der Waals surface area contributed by atoms with Crippen molar-refractivity contribution in [3.8, 4) is 17.4 Å². The van der Waals surface area contributed by atoms with Crippen molar-refractivity contribution in [2.75, 3.05) is 5.32 Å². The second-order valence-corrected chi connectivity index (χ2v) is 5.33. The summed E-state index contributed by atoms with van der Waals surface area (Å²) in [4.78, 5) is 12.3. The zero-order valence-corrected chi connectivity index (χ0v) is 13.2. The minimum atomic E-state index is -4.68. The van der Waals surface area contributed by atoms with Crippen LogP contribution in [0.3, 0.4) is 0 Å². The van der Waals surface area contributed by atoms with Gasteiger partial charge in [0.05, 0.1) is 11.1 Å². The highest BCUT2D eigenvalue weighted by Crippen LogP contribution is 2.33. The monoisotopic (exact) mass is 356 g/mol. The van der Waals surface area contributed by atoms with E-state index >= 15 is 0 Å². The van der Waals surface area contributed by atoms with Crippen LogP contribution in [0.15, 0.2) is 65.1 Å². The first-order valence-electron chi connectivity index (χ1n) is 7.47. The predicted octanol–water partition coefficient (Wildman–Crippen LogP) is 5.09. The van der Waals surface area contributed by atoms with E-state index in [-0.39, 0.29) is 11.4 Å². The van der Waals surface area contributed by atoms with E-state index in [0.717, 1.165) is 12.1 Å². The van der Waals surface area contributed by atoms with Gasteiger partial charge in [-0.3, -0.25) is 10.1 Å². The molecule has 0 fully saturated rings. The summed E-state index contributed by atoms with van der Waals surface area (Å²) in [6.07, 6.45) is -4.68. The molecule has 26 heavy (non-hydrogen) atoms. The molecule has 0 saturated carbocycles. The molecule has 0 radical (unpaired) electrons. The first kappa shape index (κ1) is 17.3. The van der Waals surface area contributed by atoms with Crippen molar-refractivity contribution in [2.24, 2.45) is 0 Å². The van der Waals surface area contributed by atoms with Crippen LogP contribution in [-0.4, -0.2) is 5.91 Å². The molecule has 4 nitrogen and oxygen atoms in total. The maximum absolute atomic E-state index is 13.1. The summed E-state index contributed by atoms with van der Waals surface area (Å²) in [6.45, 7) is 0. The topological polar surface area (TPSA) is 66.0 Å². The van der Waals surface area contributed by atoms with Gasteiger partial charge in [0.25, 0.3) is 5.91 Å². The largest absolute Gasteiger partial charge is 0.439 e. The van der Waals surface area contributed by atoms with E-state index in [1.807, 2.05) is 6.07 Å². The fraction of sp³-hybridized carbons (Fsp3) is 0.0526. The van der Waals surface area contributed by atoms with Crippen LogP contribution in [0.2, 0.25) is 0 Å². The first-order valence-corrected chi connectivity index (χ1v) is 7.47. The van der Waals surface area contributed by atoms with Crippen LogP contribution in [0.4, 0.5) is 19.1 Å². The molecule has 1 amide bonds. The molecular weight excluding hydrogens is 345 g/mol. The van der Waals surface area contributed by atoms with Crippen LogP contribution in [0.1, 0.15) is 21.5 Å². The molecule has 0 saturated heterocycles. The van der Waals surface area contributed by atoms with Crippen molar-refractivity contribution >= 4 is 11.8 Å². The number of amides is 1. The fourth-order valence-corrected chi connectivity index (χ4v) is 2.41. The molecule has 1 heterocycles. The number of benzene rings is 2. The van der Waals surface area contributed by atoms with Gasteiger partial charge in [0, 0.05) is 11.6 Å². The van der Waals surface area contributed by atoms with Crippen molar-refractivity contribution in [3.05, 3.63) is 77.4 Å². The summed E-state index contributed by atoms with van der Waals surface area (Å²) >= 11 is 0. The molecule has 0 aliphatic heterocycles. The predicted molar refractivity (Wildman–Crippen MR) is 88.3 cm³/mol. The Kier molecular flexibility index (Phi) is 4.50. The smallest absolute Gasteiger partial charge is 0.417 e. The van der Waals surface area contributed by atoms with Crippen LogP contribution in [0.5, 0.6) is 0 Å². The normalized spacial score (nSPS) is 11.0. The van der Waals surface area contributed by atoms with Gasteiger partial charge < -0.3 is 4.42 Å². The second-order valence-electron chi connectivity index (χ2n) is 5.33. The third-order valence-electron chi connectivity index (χ3n) is 3.61. The van der Waals surface area contributed by atoms with Crippen LogP contribution >= 0.6 is 0 Å². The number of carbonyl (C=O) groups is 1. The number of halogens is 3. The maximum atomic E-state index is 13.1. The zero-order valence-electron chi connectivity index (χ0n) is 13.2. The molecule has 1 N–H and O–H groups in total. The molecule has 3 aromatic rings. The zero-order chi connectivity index (χ0) is 18.7. The van der Waals surface area contributed by atoms with Gasteiger partial charge >= 0.3 is 6.18 Å². The molecular formula is C19H11F3N2O2. The fourth-order valence-electron chi connectivity index (χ4n) is 2.41. The molecule has 0 aliphatic carbocycles. The number of alkyl halides is 3. The maximum Gasteiger partial charge on any atom is 0.417 e. The lowest BCUT2D eigenvalue weighted by molar-refractivity contribution is -0.137. The summed E-state index contributed by atoms with van der Waals surface area (Å²) < 4.78 is 44.7. The Hall–Kier alpha value is -3.53. The number of nitriles is 1. The molecule has 1 aromatic heterocycles. The molecule has 0 spiro atoms. The van der Waals surface area contributed by atoms with E-state index in [1.165, 1.54) is 18.2 Å². The second kappa shape index (κ2) is 6.76. The molecule has 0 aliphatic rings. The average molecular weight is 356 g/mol. The minimum absolute atomic E-state index is 0.0155. The van der Waals surface area contributed by atoms with Crippen LogP contribution in [0, 0.1) is 11.3 Å². The van der Waals surface area contributed by atoms with Crippen LogP contribution in [-0.2, 0) is 6.18 Å². The Labute approximate surface area is 146 Å². The van der Waals surface area contributed by atoms with Crippen molar-refractivity contribution in [3.63, 3.8) is 0 Å². The van der Waals surface area contributed by atoms with Gasteiger partial charge in [-0.1, -0.05) is 42.5 Å². The van der Waals surface area contributed by atoms with E-state index in [9.17, 15) is 23.2 Å². The lowest BCUT2D eigenvalue weighted by Gasteiger charge is -2.11. The van der Waals surface area contributed by atoms with Gasteiger partial charge in [-0.15, -0.1) is 0 Å². The Balaban J connectivity index is 1.94. The third kappa shape index (κ3) is 3.44. The highest BCUT2D eigenvalue weighted by molar-refractivity contribution is 6.05. The molecule has 130 valence electrons. The summed E-state index contributed by atoms with van der Waals surface area (Å²) in [5.74, 6) is -0.890. The number of nitrogens with zero attached hydrogens (tertiary/aromatic N) is 1. The standard InChI is InChI=1S/C19H11F3N2O2/c20-19(21,22)15-9-5-4-8-14(15)17(25)24-18-13(11-23)10-16(26-18)12-6-2-1-3-7-12/h1-10H,(H,24,25). The summed E-state index contributed by atoms with van der Waals surface area (Å²) in [5.41, 5.74) is -0.936. The van der Waals surface area contributed by atoms with E-state index in [0.29, 0.717) is 11.3 Å². The SMILES string of the molecule is N#Cc1cc(-c2ccccc2)oc1NC(=O)c1ccccc1C(F)(F)F. The number of rotatable bonds is 3. The molecule has 2 aromatic carbocycles. The number of furan rings is 1. The lowest BCUT2D eigenvalue weighted by Crippen LogP contribution is -2.18. The number of hydrogen-bond acceptors (Lipinski definition) is 3. The molecule has 0 atom stereocenters. The van der Waals surface area contributed by atoms with Crippen molar-refractivity contribution in [1.82, 2.24) is 0 Å². The Morgan fingerprint density at radius 3 is 2.35 bits per heavy atom. The summed E-state index contributed by atoms with van der Waals surface area (Å²) in [6, 6.07) is 16.5. The minimum Gasteiger partial charge on any atom is -0.439 e. The quantitative estimate of drug-likeness (QED) is 0.711. The van der Waals surface area contributed by atoms with Crippen LogP contribution < -0.4 is 5.32 Å².